The van der Waals surface area contributed by atoms with Gasteiger partial charge in [0.25, 0.3) is 0 Å². The van der Waals surface area contributed by atoms with Crippen molar-refractivity contribution in [3.63, 3.8) is 0 Å². The highest BCUT2D eigenvalue weighted by atomic mass is 79.9. The number of rotatable bonds is 5. The third kappa shape index (κ3) is 4.73. The van der Waals surface area contributed by atoms with Crippen LogP contribution in [0.15, 0.2) is 40.9 Å². The van der Waals surface area contributed by atoms with E-state index < -0.39 is 0 Å². The van der Waals surface area contributed by atoms with Crippen LogP contribution in [0, 0.1) is 6.92 Å². The first-order chi connectivity index (χ1) is 9.95. The van der Waals surface area contributed by atoms with Gasteiger partial charge in [0.05, 0.1) is 5.02 Å². The molecule has 0 fully saturated rings. The smallest absolute Gasteiger partial charge is 0.146 e. The van der Waals surface area contributed by atoms with Crippen LogP contribution in [0.5, 0.6) is 11.5 Å². The summed E-state index contributed by atoms with van der Waals surface area (Å²) < 4.78 is 6.84. The molecule has 2 nitrogen and oxygen atoms in total. The molecule has 2 rings (SSSR count). The quantitative estimate of drug-likeness (QED) is 0.730. The van der Waals surface area contributed by atoms with Gasteiger partial charge in [-0.15, -0.1) is 0 Å². The highest BCUT2D eigenvalue weighted by molar-refractivity contribution is 9.10. The molecule has 0 amide bonds. The Morgan fingerprint density at radius 1 is 1.14 bits per heavy atom. The van der Waals surface area contributed by atoms with Crippen LogP contribution in [-0.2, 0) is 6.54 Å². The molecule has 0 aliphatic carbocycles. The summed E-state index contributed by atoms with van der Waals surface area (Å²) in [7, 11) is 0. The first kappa shape index (κ1) is 16.3. The van der Waals surface area contributed by atoms with Gasteiger partial charge in [-0.2, -0.15) is 0 Å². The van der Waals surface area contributed by atoms with Gasteiger partial charge in [0.15, 0.2) is 0 Å². The van der Waals surface area contributed by atoms with Gasteiger partial charge in [-0.1, -0.05) is 53.5 Å². The fourth-order valence-electron chi connectivity index (χ4n) is 1.93. The Morgan fingerprint density at radius 3 is 2.48 bits per heavy atom. The molecule has 0 aliphatic heterocycles. The first-order valence-corrected chi connectivity index (χ1v) is 8.08. The predicted octanol–water partition coefficient (Wildman–Crippen LogP) is 5.70. The molecule has 0 radical (unpaired) electrons. The lowest BCUT2D eigenvalue weighted by atomic mass is 10.1. The van der Waals surface area contributed by atoms with E-state index in [-0.39, 0.29) is 0 Å². The molecule has 0 spiro atoms. The monoisotopic (exact) mass is 367 g/mol. The number of aryl methyl sites for hydroxylation is 1. The van der Waals surface area contributed by atoms with Gasteiger partial charge < -0.3 is 10.1 Å². The molecule has 0 saturated heterocycles. The molecule has 0 bridgehead atoms. The topological polar surface area (TPSA) is 21.3 Å². The highest BCUT2D eigenvalue weighted by Gasteiger charge is 2.07. The van der Waals surface area contributed by atoms with Gasteiger partial charge in [-0.3, -0.25) is 0 Å². The van der Waals surface area contributed by atoms with Crippen molar-refractivity contribution in [2.24, 2.45) is 0 Å². The van der Waals surface area contributed by atoms with Gasteiger partial charge in [0.1, 0.15) is 11.5 Å². The Labute approximate surface area is 139 Å². The molecule has 1 N–H and O–H groups in total. The second kappa shape index (κ2) is 7.30. The largest absolute Gasteiger partial charge is 0.456 e. The van der Waals surface area contributed by atoms with Crippen molar-refractivity contribution < 1.29 is 4.74 Å². The lowest BCUT2D eigenvalue weighted by Crippen LogP contribution is -2.21. The van der Waals surface area contributed by atoms with Crippen molar-refractivity contribution >= 4 is 27.5 Å². The summed E-state index contributed by atoms with van der Waals surface area (Å²) in [6.07, 6.45) is 0. The Hall–Kier alpha value is -1.03. The van der Waals surface area contributed by atoms with E-state index in [9.17, 15) is 0 Å². The maximum Gasteiger partial charge on any atom is 0.146 e. The zero-order chi connectivity index (χ0) is 15.4. The second-order valence-electron chi connectivity index (χ2n) is 5.31. The molecule has 21 heavy (non-hydrogen) atoms. The fraction of sp³-hybridized carbons (Fsp3) is 0.294. The number of hydrogen-bond acceptors (Lipinski definition) is 2. The zero-order valence-electron chi connectivity index (χ0n) is 12.4. The van der Waals surface area contributed by atoms with Gasteiger partial charge in [-0.05, 0) is 42.3 Å². The van der Waals surface area contributed by atoms with E-state index >= 15 is 0 Å². The Balaban J connectivity index is 2.13. The molecule has 4 heteroatoms. The zero-order valence-corrected chi connectivity index (χ0v) is 14.8. The summed E-state index contributed by atoms with van der Waals surface area (Å²) in [5, 5.41) is 4.00. The molecule has 0 unspecified atom stereocenters. The minimum atomic E-state index is 0.475. The average molecular weight is 369 g/mol. The van der Waals surface area contributed by atoms with Crippen molar-refractivity contribution in [2.45, 2.75) is 33.4 Å². The molecule has 0 aliphatic rings. The number of hydrogen-bond donors (Lipinski definition) is 1. The third-order valence-corrected chi connectivity index (χ3v) is 3.86. The van der Waals surface area contributed by atoms with E-state index in [1.165, 1.54) is 5.56 Å². The van der Waals surface area contributed by atoms with E-state index in [1.807, 2.05) is 31.2 Å². The van der Waals surface area contributed by atoms with Crippen molar-refractivity contribution in [1.82, 2.24) is 5.32 Å². The van der Waals surface area contributed by atoms with Gasteiger partial charge in [0, 0.05) is 17.1 Å². The number of benzene rings is 2. The fourth-order valence-corrected chi connectivity index (χ4v) is 2.65. The second-order valence-corrected chi connectivity index (χ2v) is 6.64. The lowest BCUT2D eigenvalue weighted by molar-refractivity contribution is 0.478. The molecule has 0 aromatic heterocycles. The van der Waals surface area contributed by atoms with Crippen molar-refractivity contribution in [1.29, 1.82) is 0 Å². The summed E-state index contributed by atoms with van der Waals surface area (Å²) in [5.41, 5.74) is 2.34. The SMILES string of the molecule is Cc1cc(CNC(C)C)ccc1Oc1ccc(Br)cc1Cl. The lowest BCUT2D eigenvalue weighted by Gasteiger charge is -2.13. The van der Waals surface area contributed by atoms with Crippen molar-refractivity contribution in [2.75, 3.05) is 0 Å². The normalized spacial score (nSPS) is 11.0. The van der Waals surface area contributed by atoms with Crippen LogP contribution >= 0.6 is 27.5 Å². The van der Waals surface area contributed by atoms with E-state index in [0.717, 1.165) is 22.3 Å². The van der Waals surface area contributed by atoms with E-state index in [4.69, 9.17) is 16.3 Å². The van der Waals surface area contributed by atoms with Crippen LogP contribution in [0.2, 0.25) is 5.02 Å². The summed E-state index contributed by atoms with van der Waals surface area (Å²) in [5.74, 6) is 1.49. The maximum absolute atomic E-state index is 6.18. The molecular weight excluding hydrogens is 350 g/mol. The molecule has 112 valence electrons. The van der Waals surface area contributed by atoms with Crippen LogP contribution in [0.3, 0.4) is 0 Å². The van der Waals surface area contributed by atoms with Gasteiger partial charge in [0.2, 0.25) is 0 Å². The Bertz CT molecular complexity index is 628. The minimum Gasteiger partial charge on any atom is -0.456 e. The van der Waals surface area contributed by atoms with Crippen LogP contribution in [0.1, 0.15) is 25.0 Å². The summed E-state index contributed by atoms with van der Waals surface area (Å²) >= 11 is 9.57. The van der Waals surface area contributed by atoms with Gasteiger partial charge in [-0.25, -0.2) is 0 Å². The molecular formula is C17H19BrClNO. The molecule has 2 aromatic carbocycles. The van der Waals surface area contributed by atoms with Crippen molar-refractivity contribution in [3.8, 4) is 11.5 Å². The molecule has 2 aromatic rings. The Kier molecular flexibility index (Phi) is 5.68. The van der Waals surface area contributed by atoms with E-state index in [0.29, 0.717) is 16.8 Å². The summed E-state index contributed by atoms with van der Waals surface area (Å²) in [6, 6.07) is 12.3. The van der Waals surface area contributed by atoms with Crippen LogP contribution in [0.25, 0.3) is 0 Å². The minimum absolute atomic E-state index is 0.475. The van der Waals surface area contributed by atoms with Crippen molar-refractivity contribution in [3.05, 3.63) is 57.0 Å². The Morgan fingerprint density at radius 2 is 1.86 bits per heavy atom. The summed E-state index contributed by atoms with van der Waals surface area (Å²) in [6.45, 7) is 7.18. The maximum atomic E-state index is 6.18. The highest BCUT2D eigenvalue weighted by Crippen LogP contribution is 2.33. The average Bonchev–Trinajstić information content (AvgIpc) is 2.42. The number of ether oxygens (including phenoxy) is 1. The molecule has 0 heterocycles. The first-order valence-electron chi connectivity index (χ1n) is 6.91. The van der Waals surface area contributed by atoms with Gasteiger partial charge >= 0.3 is 0 Å². The molecule has 0 saturated carbocycles. The third-order valence-electron chi connectivity index (χ3n) is 3.07. The standard InChI is InChI=1S/C17H19BrClNO/c1-11(2)20-10-13-4-6-16(12(3)8-13)21-17-7-5-14(18)9-15(17)19/h4-9,11,20H,10H2,1-3H3. The van der Waals surface area contributed by atoms with E-state index in [1.54, 1.807) is 0 Å². The van der Waals surface area contributed by atoms with Crippen LogP contribution in [-0.4, -0.2) is 6.04 Å². The number of halogens is 2. The van der Waals surface area contributed by atoms with E-state index in [2.05, 4.69) is 47.2 Å². The summed E-state index contributed by atoms with van der Waals surface area (Å²) in [4.78, 5) is 0. The predicted molar refractivity (Wildman–Crippen MR) is 92.4 cm³/mol. The number of nitrogens with one attached hydrogen (secondary N) is 1. The van der Waals surface area contributed by atoms with Crippen LogP contribution < -0.4 is 10.1 Å². The molecule has 0 atom stereocenters. The van der Waals surface area contributed by atoms with Crippen LogP contribution in [0.4, 0.5) is 0 Å².